The Morgan fingerprint density at radius 1 is 1.58 bits per heavy atom. The Hall–Kier alpha value is -1.10. The van der Waals surface area contributed by atoms with Gasteiger partial charge in [0.25, 0.3) is 0 Å². The zero-order valence-electron chi connectivity index (χ0n) is 6.74. The number of thiazole rings is 1. The molecule has 0 bridgehead atoms. The Kier molecular flexibility index (Phi) is 2.32. The van der Waals surface area contributed by atoms with Gasteiger partial charge in [0.1, 0.15) is 5.01 Å². The van der Waals surface area contributed by atoms with Crippen molar-refractivity contribution < 1.29 is 15.0 Å². The molecule has 66 valence electrons. The van der Waals surface area contributed by atoms with Crippen LogP contribution in [-0.2, 0) is 0 Å². The minimum atomic E-state index is -1.13. The molecule has 0 aliphatic carbocycles. The second-order valence-electron chi connectivity index (χ2n) is 2.66. The molecule has 4 nitrogen and oxygen atoms in total. The average Bonchev–Trinajstić information content (AvgIpc) is 2.30. The lowest BCUT2D eigenvalue weighted by Crippen LogP contribution is -1.91. The van der Waals surface area contributed by atoms with E-state index in [4.69, 9.17) is 10.2 Å². The third kappa shape index (κ3) is 1.55. The minimum absolute atomic E-state index is 0.0845. The predicted octanol–water partition coefficient (Wildman–Crippen LogP) is 1.67. The maximum atomic E-state index is 10.5. The molecule has 0 radical (unpaired) electrons. The zero-order chi connectivity index (χ0) is 9.30. The van der Waals surface area contributed by atoms with Gasteiger partial charge in [-0.25, -0.2) is 9.78 Å². The largest absolute Gasteiger partial charge is 0.492 e. The Morgan fingerprint density at radius 3 is 2.42 bits per heavy atom. The molecule has 0 saturated heterocycles. The van der Waals surface area contributed by atoms with E-state index in [9.17, 15) is 4.79 Å². The van der Waals surface area contributed by atoms with Gasteiger partial charge in [0.15, 0.2) is 4.88 Å². The fraction of sp³-hybridized carbons (Fsp3) is 0.429. The summed E-state index contributed by atoms with van der Waals surface area (Å²) in [4.78, 5) is 14.1. The van der Waals surface area contributed by atoms with Crippen LogP contribution in [0.25, 0.3) is 0 Å². The lowest BCUT2D eigenvalue weighted by molar-refractivity contribution is 0.0699. The van der Waals surface area contributed by atoms with Crippen LogP contribution in [0.3, 0.4) is 0 Å². The molecule has 0 aromatic carbocycles. The molecule has 0 unspecified atom stereocenters. The quantitative estimate of drug-likeness (QED) is 0.738. The fourth-order valence-electron chi connectivity index (χ4n) is 0.714. The maximum Gasteiger partial charge on any atom is 0.351 e. The molecule has 0 amide bonds. The molecular weight excluding hydrogens is 178 g/mol. The molecule has 12 heavy (non-hydrogen) atoms. The van der Waals surface area contributed by atoms with Gasteiger partial charge in [-0.15, -0.1) is 11.3 Å². The van der Waals surface area contributed by atoms with Gasteiger partial charge >= 0.3 is 5.97 Å². The van der Waals surface area contributed by atoms with Crippen LogP contribution < -0.4 is 0 Å². The van der Waals surface area contributed by atoms with Gasteiger partial charge < -0.3 is 10.2 Å². The van der Waals surface area contributed by atoms with Crippen LogP contribution in [0.5, 0.6) is 5.88 Å². The van der Waals surface area contributed by atoms with Gasteiger partial charge in [-0.1, -0.05) is 13.8 Å². The van der Waals surface area contributed by atoms with Crippen molar-refractivity contribution in [3.63, 3.8) is 0 Å². The molecule has 0 spiro atoms. The van der Waals surface area contributed by atoms with Crippen LogP contribution in [0, 0.1) is 0 Å². The standard InChI is InChI=1S/C7H9NO3S/c1-3(2)6-8-5(9)4(12-6)7(10)11/h3,9H,1-2H3,(H,10,11). The molecule has 1 heterocycles. The van der Waals surface area contributed by atoms with E-state index >= 15 is 0 Å². The highest BCUT2D eigenvalue weighted by atomic mass is 32.1. The van der Waals surface area contributed by atoms with E-state index in [2.05, 4.69) is 4.98 Å². The first-order valence-corrected chi connectivity index (χ1v) is 4.27. The first-order valence-electron chi connectivity index (χ1n) is 3.45. The third-order valence-corrected chi connectivity index (χ3v) is 2.65. The van der Waals surface area contributed by atoms with Gasteiger partial charge in [0.05, 0.1) is 0 Å². The summed E-state index contributed by atoms with van der Waals surface area (Å²) in [5.74, 6) is -1.36. The van der Waals surface area contributed by atoms with Crippen LogP contribution in [0.1, 0.15) is 34.4 Å². The molecular formula is C7H9NO3S. The Bertz CT molecular complexity index is 306. The highest BCUT2D eigenvalue weighted by Gasteiger charge is 2.17. The third-order valence-electron chi connectivity index (χ3n) is 1.31. The molecule has 5 heteroatoms. The van der Waals surface area contributed by atoms with E-state index in [0.29, 0.717) is 5.01 Å². The number of aromatic carboxylic acids is 1. The van der Waals surface area contributed by atoms with E-state index in [-0.39, 0.29) is 16.7 Å². The Morgan fingerprint density at radius 2 is 2.17 bits per heavy atom. The topological polar surface area (TPSA) is 70.4 Å². The summed E-state index contributed by atoms with van der Waals surface area (Å²) in [5, 5.41) is 18.3. The number of carboxylic acid groups (broad SMARTS) is 1. The van der Waals surface area contributed by atoms with Crippen molar-refractivity contribution in [2.45, 2.75) is 19.8 Å². The van der Waals surface area contributed by atoms with Gasteiger partial charge in [-0.2, -0.15) is 0 Å². The van der Waals surface area contributed by atoms with Crippen molar-refractivity contribution in [2.75, 3.05) is 0 Å². The summed E-state index contributed by atoms with van der Waals surface area (Å²) < 4.78 is 0. The minimum Gasteiger partial charge on any atom is -0.492 e. The zero-order valence-corrected chi connectivity index (χ0v) is 7.55. The van der Waals surface area contributed by atoms with Gasteiger partial charge in [0, 0.05) is 5.92 Å². The number of nitrogens with zero attached hydrogens (tertiary/aromatic N) is 1. The summed E-state index contributed by atoms with van der Waals surface area (Å²) in [6.07, 6.45) is 0. The molecule has 0 aliphatic heterocycles. The number of rotatable bonds is 2. The molecule has 1 rings (SSSR count). The van der Waals surface area contributed by atoms with Crippen molar-refractivity contribution >= 4 is 17.3 Å². The first-order chi connectivity index (χ1) is 5.52. The smallest absolute Gasteiger partial charge is 0.351 e. The lowest BCUT2D eigenvalue weighted by Gasteiger charge is -1.94. The first kappa shape index (κ1) is 8.99. The van der Waals surface area contributed by atoms with Crippen molar-refractivity contribution in [3.8, 4) is 5.88 Å². The number of hydrogen-bond donors (Lipinski definition) is 2. The van der Waals surface area contributed by atoms with E-state index < -0.39 is 5.97 Å². The normalized spacial score (nSPS) is 10.6. The number of hydrogen-bond acceptors (Lipinski definition) is 4. The molecule has 0 fully saturated rings. The molecule has 1 aromatic rings. The Labute approximate surface area is 73.5 Å². The fourth-order valence-corrected chi connectivity index (χ4v) is 1.52. The highest BCUT2D eigenvalue weighted by molar-refractivity contribution is 7.14. The van der Waals surface area contributed by atoms with Crippen LogP contribution in [0.2, 0.25) is 0 Å². The van der Waals surface area contributed by atoms with Crippen LogP contribution in [0.15, 0.2) is 0 Å². The number of aromatic nitrogens is 1. The molecule has 2 N–H and O–H groups in total. The summed E-state index contributed by atoms with van der Waals surface area (Å²) in [5.41, 5.74) is 0. The maximum absolute atomic E-state index is 10.5. The van der Waals surface area contributed by atoms with Crippen molar-refractivity contribution in [3.05, 3.63) is 9.88 Å². The number of carboxylic acids is 1. The van der Waals surface area contributed by atoms with Gasteiger partial charge in [0.2, 0.25) is 5.88 Å². The molecule has 0 atom stereocenters. The van der Waals surface area contributed by atoms with E-state index in [0.717, 1.165) is 11.3 Å². The monoisotopic (exact) mass is 187 g/mol. The Balaban J connectivity index is 3.09. The number of carbonyl (C=O) groups is 1. The van der Waals surface area contributed by atoms with Crippen molar-refractivity contribution in [1.29, 1.82) is 0 Å². The average molecular weight is 187 g/mol. The summed E-state index contributed by atoms with van der Waals surface area (Å²) in [6, 6.07) is 0. The summed E-state index contributed by atoms with van der Waals surface area (Å²) in [6.45, 7) is 3.79. The van der Waals surface area contributed by atoms with Gasteiger partial charge in [-0.3, -0.25) is 0 Å². The van der Waals surface area contributed by atoms with E-state index in [1.807, 2.05) is 13.8 Å². The van der Waals surface area contributed by atoms with Crippen LogP contribution in [-0.4, -0.2) is 21.2 Å². The summed E-state index contributed by atoms with van der Waals surface area (Å²) >= 11 is 1.02. The van der Waals surface area contributed by atoms with Crippen molar-refractivity contribution in [1.82, 2.24) is 4.98 Å². The molecule has 1 aromatic heterocycles. The predicted molar refractivity (Wildman–Crippen MR) is 44.8 cm³/mol. The molecule has 0 saturated carbocycles. The second kappa shape index (κ2) is 3.10. The SMILES string of the molecule is CC(C)c1nc(O)c(C(=O)O)s1. The lowest BCUT2D eigenvalue weighted by atomic mass is 10.2. The second-order valence-corrected chi connectivity index (χ2v) is 3.70. The van der Waals surface area contributed by atoms with E-state index in [1.165, 1.54) is 0 Å². The van der Waals surface area contributed by atoms with E-state index in [1.54, 1.807) is 0 Å². The van der Waals surface area contributed by atoms with Crippen LogP contribution in [0.4, 0.5) is 0 Å². The molecule has 0 aliphatic rings. The van der Waals surface area contributed by atoms with Crippen molar-refractivity contribution in [2.24, 2.45) is 0 Å². The summed E-state index contributed by atoms with van der Waals surface area (Å²) in [7, 11) is 0. The van der Waals surface area contributed by atoms with Crippen LogP contribution >= 0.6 is 11.3 Å². The van der Waals surface area contributed by atoms with Gasteiger partial charge in [-0.05, 0) is 0 Å². The number of aromatic hydroxyl groups is 1. The highest BCUT2D eigenvalue weighted by Crippen LogP contribution is 2.28.